The van der Waals surface area contributed by atoms with Crippen LogP contribution in [0.4, 0.5) is 0 Å². The molecule has 2 atom stereocenters. The van der Waals surface area contributed by atoms with Gasteiger partial charge in [-0.3, -0.25) is 19.7 Å². The maximum absolute atomic E-state index is 11.7. The van der Waals surface area contributed by atoms with Crippen LogP contribution in [0.5, 0.6) is 0 Å². The van der Waals surface area contributed by atoms with Crippen molar-refractivity contribution in [2.24, 2.45) is 17.3 Å². The topological polar surface area (TPSA) is 66.3 Å². The molecule has 1 aliphatic rings. The van der Waals surface area contributed by atoms with Crippen molar-refractivity contribution in [3.8, 4) is 11.3 Å². The van der Waals surface area contributed by atoms with E-state index in [4.69, 9.17) is 0 Å². The van der Waals surface area contributed by atoms with Crippen LogP contribution < -0.4 is 0 Å². The number of pyridine rings is 2. The van der Waals surface area contributed by atoms with E-state index in [1.54, 1.807) is 11.3 Å². The third-order valence-electron chi connectivity index (χ3n) is 5.96. The van der Waals surface area contributed by atoms with E-state index in [0.29, 0.717) is 19.0 Å². The summed E-state index contributed by atoms with van der Waals surface area (Å²) in [6.45, 7) is 8.77. The number of carboxylic acids is 1. The Hall–Kier alpha value is -2.31. The highest BCUT2D eigenvalue weighted by atomic mass is 32.1. The maximum Gasteiger partial charge on any atom is 0.307 e. The summed E-state index contributed by atoms with van der Waals surface area (Å²) in [5, 5.41) is 12.8. The minimum atomic E-state index is -0.692. The number of hydrogen-bond acceptors (Lipinski definition) is 5. The van der Waals surface area contributed by atoms with Gasteiger partial charge in [-0.2, -0.15) is 0 Å². The van der Waals surface area contributed by atoms with Gasteiger partial charge >= 0.3 is 5.97 Å². The van der Waals surface area contributed by atoms with Crippen LogP contribution in [-0.2, 0) is 11.3 Å². The molecule has 0 radical (unpaired) electrons. The van der Waals surface area contributed by atoms with Crippen molar-refractivity contribution in [1.82, 2.24) is 14.9 Å². The Balaban J connectivity index is 1.52. The number of rotatable bonds is 4. The van der Waals surface area contributed by atoms with Gasteiger partial charge in [-0.1, -0.05) is 20.8 Å². The molecule has 152 valence electrons. The first-order valence-electron chi connectivity index (χ1n) is 10.0. The van der Waals surface area contributed by atoms with Crippen molar-refractivity contribution in [2.75, 3.05) is 13.1 Å². The van der Waals surface area contributed by atoms with Gasteiger partial charge in [0.15, 0.2) is 0 Å². The van der Waals surface area contributed by atoms with Gasteiger partial charge in [0.25, 0.3) is 0 Å². The van der Waals surface area contributed by atoms with Crippen molar-refractivity contribution in [3.05, 3.63) is 47.7 Å². The second-order valence-electron chi connectivity index (χ2n) is 9.06. The number of carbonyl (C=O) groups is 1. The number of carboxylic acid groups (broad SMARTS) is 1. The van der Waals surface area contributed by atoms with Crippen molar-refractivity contribution in [2.45, 2.75) is 33.7 Å². The fourth-order valence-electron chi connectivity index (χ4n) is 4.14. The first-order chi connectivity index (χ1) is 13.8. The standard InChI is InChI=1S/C23H27N3O2S/c1-23(2,3)17-10-16(22(27)28)12-26(13-17)14-18-5-4-15(11-25-18)21-19-7-9-29-20(19)6-8-24-21/h4-9,11,16-17H,10,12-14H2,1-3H3,(H,27,28)/t16-,17-/m1/s1. The van der Waals surface area contributed by atoms with Crippen molar-refractivity contribution in [3.63, 3.8) is 0 Å². The Morgan fingerprint density at radius 3 is 2.72 bits per heavy atom. The normalized spacial score (nSPS) is 20.8. The average Bonchev–Trinajstić information content (AvgIpc) is 3.16. The number of nitrogens with zero attached hydrogens (tertiary/aromatic N) is 3. The van der Waals surface area contributed by atoms with E-state index in [1.165, 1.54) is 4.70 Å². The van der Waals surface area contributed by atoms with E-state index in [9.17, 15) is 9.90 Å². The van der Waals surface area contributed by atoms with Crippen LogP contribution in [0.1, 0.15) is 32.9 Å². The summed E-state index contributed by atoms with van der Waals surface area (Å²) in [5.74, 6) is -0.646. The summed E-state index contributed by atoms with van der Waals surface area (Å²) in [7, 11) is 0. The van der Waals surface area contributed by atoms with Crippen molar-refractivity contribution < 1.29 is 9.90 Å². The van der Waals surface area contributed by atoms with Crippen LogP contribution in [0.2, 0.25) is 0 Å². The minimum absolute atomic E-state index is 0.0918. The molecule has 3 aromatic heterocycles. The van der Waals surface area contributed by atoms with Crippen LogP contribution in [-0.4, -0.2) is 39.0 Å². The monoisotopic (exact) mass is 409 g/mol. The number of likely N-dealkylation sites (tertiary alicyclic amines) is 1. The zero-order valence-electron chi connectivity index (χ0n) is 17.1. The molecule has 0 amide bonds. The Bertz CT molecular complexity index is 1010. The SMILES string of the molecule is CC(C)(C)[C@@H]1C[C@@H](C(=O)O)CN(Cc2ccc(-c3nccc4sccc34)cn2)C1. The first-order valence-corrected chi connectivity index (χ1v) is 10.9. The largest absolute Gasteiger partial charge is 0.481 e. The molecule has 0 aliphatic carbocycles. The molecule has 0 aromatic carbocycles. The van der Waals surface area contributed by atoms with Crippen LogP contribution in [0.3, 0.4) is 0 Å². The third kappa shape index (κ3) is 4.33. The Morgan fingerprint density at radius 1 is 1.21 bits per heavy atom. The lowest BCUT2D eigenvalue weighted by Crippen LogP contribution is -2.46. The first kappa shape index (κ1) is 20.0. The molecule has 0 saturated carbocycles. The highest BCUT2D eigenvalue weighted by molar-refractivity contribution is 7.17. The van der Waals surface area contributed by atoms with Gasteiger partial charge in [0.1, 0.15) is 0 Å². The molecule has 1 N–H and O–H groups in total. The molecule has 3 aromatic rings. The molecule has 0 unspecified atom stereocenters. The van der Waals surface area contributed by atoms with E-state index < -0.39 is 5.97 Å². The molecule has 0 bridgehead atoms. The second-order valence-corrected chi connectivity index (χ2v) is 10.0. The Morgan fingerprint density at radius 2 is 2.03 bits per heavy atom. The second kappa shape index (κ2) is 7.84. The summed E-state index contributed by atoms with van der Waals surface area (Å²) in [5.41, 5.74) is 3.02. The number of hydrogen-bond donors (Lipinski definition) is 1. The lowest BCUT2D eigenvalue weighted by atomic mass is 9.73. The van der Waals surface area contributed by atoms with E-state index in [0.717, 1.165) is 35.3 Å². The molecule has 29 heavy (non-hydrogen) atoms. The van der Waals surface area contributed by atoms with Gasteiger partial charge in [0, 0.05) is 47.7 Å². The fourth-order valence-corrected chi connectivity index (χ4v) is 4.92. The predicted octanol–water partition coefficient (Wildman–Crippen LogP) is 4.93. The summed E-state index contributed by atoms with van der Waals surface area (Å²) >= 11 is 1.71. The number of thiophene rings is 1. The summed E-state index contributed by atoms with van der Waals surface area (Å²) in [6.07, 6.45) is 4.47. The Labute approximate surface area is 175 Å². The molecule has 4 rings (SSSR count). The molecule has 4 heterocycles. The van der Waals surface area contributed by atoms with Crippen LogP contribution in [0.25, 0.3) is 21.3 Å². The van der Waals surface area contributed by atoms with E-state index in [1.807, 2.05) is 24.5 Å². The molecular weight excluding hydrogens is 382 g/mol. The zero-order chi connectivity index (χ0) is 20.6. The van der Waals surface area contributed by atoms with Crippen molar-refractivity contribution in [1.29, 1.82) is 0 Å². The highest BCUT2D eigenvalue weighted by Crippen LogP contribution is 2.36. The van der Waals surface area contributed by atoms with Crippen LogP contribution in [0.15, 0.2) is 42.0 Å². The number of aliphatic carboxylic acids is 1. The lowest BCUT2D eigenvalue weighted by Gasteiger charge is -2.42. The smallest absolute Gasteiger partial charge is 0.307 e. The van der Waals surface area contributed by atoms with Gasteiger partial charge in [0.05, 0.1) is 17.3 Å². The Kier molecular flexibility index (Phi) is 5.40. The number of piperidine rings is 1. The van der Waals surface area contributed by atoms with Gasteiger partial charge in [0.2, 0.25) is 0 Å². The molecular formula is C23H27N3O2S. The van der Waals surface area contributed by atoms with Gasteiger partial charge in [-0.25, -0.2) is 0 Å². The molecule has 1 fully saturated rings. The van der Waals surface area contributed by atoms with E-state index >= 15 is 0 Å². The zero-order valence-corrected chi connectivity index (χ0v) is 17.9. The predicted molar refractivity (Wildman–Crippen MR) is 117 cm³/mol. The van der Waals surface area contributed by atoms with Gasteiger partial charge in [-0.15, -0.1) is 11.3 Å². The molecule has 1 aliphatic heterocycles. The third-order valence-corrected chi connectivity index (χ3v) is 6.85. The summed E-state index contributed by atoms with van der Waals surface area (Å²) in [6, 6.07) is 8.25. The molecule has 1 saturated heterocycles. The number of fused-ring (bicyclic) bond motifs is 1. The average molecular weight is 410 g/mol. The van der Waals surface area contributed by atoms with E-state index in [2.05, 4.69) is 53.2 Å². The van der Waals surface area contributed by atoms with Crippen LogP contribution in [0, 0.1) is 17.3 Å². The van der Waals surface area contributed by atoms with Crippen molar-refractivity contribution >= 4 is 27.4 Å². The lowest BCUT2D eigenvalue weighted by molar-refractivity contribution is -0.145. The maximum atomic E-state index is 11.7. The van der Waals surface area contributed by atoms with Crippen LogP contribution >= 0.6 is 11.3 Å². The molecule has 5 nitrogen and oxygen atoms in total. The summed E-state index contributed by atoms with van der Waals surface area (Å²) < 4.78 is 1.22. The van der Waals surface area contributed by atoms with Gasteiger partial charge in [-0.05, 0) is 47.4 Å². The van der Waals surface area contributed by atoms with E-state index in [-0.39, 0.29) is 11.3 Å². The highest BCUT2D eigenvalue weighted by Gasteiger charge is 2.37. The summed E-state index contributed by atoms with van der Waals surface area (Å²) in [4.78, 5) is 23.1. The minimum Gasteiger partial charge on any atom is -0.481 e. The number of aromatic nitrogens is 2. The molecule has 6 heteroatoms. The fraction of sp³-hybridized carbons (Fsp3) is 0.435. The molecule has 0 spiro atoms. The quantitative estimate of drug-likeness (QED) is 0.662. The van der Waals surface area contributed by atoms with Gasteiger partial charge < -0.3 is 5.11 Å².